The molecule has 0 aliphatic rings. The quantitative estimate of drug-likeness (QED) is 0.369. The fraction of sp³-hybridized carbons (Fsp3) is 0.346. The van der Waals surface area contributed by atoms with Crippen LogP contribution in [0.2, 0.25) is 0 Å². The second kappa shape index (κ2) is 12.7. The molecule has 7 nitrogen and oxygen atoms in total. The van der Waals surface area contributed by atoms with Gasteiger partial charge in [-0.25, -0.2) is 0 Å². The standard InChI is InChI=1S/C26H33N5O2/c27-14-6-13-24(26(33)29-15-7-10-20-8-2-1-3-9-20)31(25(32)17-28)19-21-16-22-11-4-5-12-23(22)30-18-21/h1-5,8-9,11-12,16,18,24H,6-7,10,13-15,17,19,27-28H2,(H,29,33)/t24-/m0/s1. The number of amides is 2. The summed E-state index contributed by atoms with van der Waals surface area (Å²) in [5, 5.41) is 3.99. The van der Waals surface area contributed by atoms with Crippen LogP contribution in [0.25, 0.3) is 10.9 Å². The highest BCUT2D eigenvalue weighted by Crippen LogP contribution is 2.17. The second-order valence-electron chi connectivity index (χ2n) is 8.09. The van der Waals surface area contributed by atoms with Gasteiger partial charge in [0.15, 0.2) is 0 Å². The topological polar surface area (TPSA) is 114 Å². The zero-order valence-electron chi connectivity index (χ0n) is 19.0. The molecule has 1 aromatic heterocycles. The lowest BCUT2D eigenvalue weighted by molar-refractivity contribution is -0.140. The minimum Gasteiger partial charge on any atom is -0.354 e. The van der Waals surface area contributed by atoms with Crippen molar-refractivity contribution < 1.29 is 9.59 Å². The van der Waals surface area contributed by atoms with Crippen LogP contribution < -0.4 is 16.8 Å². The number of para-hydroxylation sites is 1. The van der Waals surface area contributed by atoms with E-state index < -0.39 is 6.04 Å². The number of carbonyl (C=O) groups is 2. The highest BCUT2D eigenvalue weighted by Gasteiger charge is 2.28. The molecule has 0 saturated carbocycles. The van der Waals surface area contributed by atoms with E-state index in [1.807, 2.05) is 48.5 Å². The smallest absolute Gasteiger partial charge is 0.242 e. The molecule has 0 bridgehead atoms. The average molecular weight is 448 g/mol. The molecule has 5 N–H and O–H groups in total. The summed E-state index contributed by atoms with van der Waals surface area (Å²) in [7, 11) is 0. The van der Waals surface area contributed by atoms with Gasteiger partial charge in [0.1, 0.15) is 6.04 Å². The molecule has 2 amide bonds. The average Bonchev–Trinajstić information content (AvgIpc) is 2.86. The summed E-state index contributed by atoms with van der Waals surface area (Å²) in [6.45, 7) is 1.08. The summed E-state index contributed by atoms with van der Waals surface area (Å²) in [5.41, 5.74) is 14.4. The fourth-order valence-corrected chi connectivity index (χ4v) is 3.90. The van der Waals surface area contributed by atoms with E-state index in [-0.39, 0.29) is 24.9 Å². The summed E-state index contributed by atoms with van der Waals surface area (Å²) >= 11 is 0. The molecule has 0 fully saturated rings. The van der Waals surface area contributed by atoms with Crippen LogP contribution in [-0.2, 0) is 22.6 Å². The number of nitrogens with zero attached hydrogens (tertiary/aromatic N) is 2. The molecule has 2 aromatic carbocycles. The van der Waals surface area contributed by atoms with E-state index >= 15 is 0 Å². The first-order chi connectivity index (χ1) is 16.1. The lowest BCUT2D eigenvalue weighted by Crippen LogP contribution is -2.51. The van der Waals surface area contributed by atoms with Gasteiger partial charge in [-0.1, -0.05) is 48.5 Å². The van der Waals surface area contributed by atoms with Gasteiger partial charge < -0.3 is 21.7 Å². The minimum atomic E-state index is -0.632. The Morgan fingerprint density at radius 1 is 0.970 bits per heavy atom. The van der Waals surface area contributed by atoms with Gasteiger partial charge >= 0.3 is 0 Å². The molecular formula is C26H33N5O2. The van der Waals surface area contributed by atoms with E-state index in [1.54, 1.807) is 11.1 Å². The molecule has 3 rings (SSSR count). The molecule has 1 heterocycles. The number of aromatic nitrogens is 1. The number of nitrogens with two attached hydrogens (primary N) is 2. The Bertz CT molecular complexity index is 1040. The number of rotatable bonds is 12. The van der Waals surface area contributed by atoms with E-state index in [9.17, 15) is 9.59 Å². The van der Waals surface area contributed by atoms with Crippen LogP contribution in [0, 0.1) is 0 Å². The number of aryl methyl sites for hydroxylation is 1. The highest BCUT2D eigenvalue weighted by atomic mass is 16.2. The predicted molar refractivity (Wildman–Crippen MR) is 131 cm³/mol. The molecule has 0 aliphatic heterocycles. The molecule has 0 radical (unpaired) electrons. The maximum absolute atomic E-state index is 13.1. The third-order valence-electron chi connectivity index (χ3n) is 5.64. The summed E-state index contributed by atoms with van der Waals surface area (Å²) in [5.74, 6) is -0.448. The van der Waals surface area contributed by atoms with Gasteiger partial charge in [0, 0.05) is 24.7 Å². The minimum absolute atomic E-state index is 0.165. The highest BCUT2D eigenvalue weighted by molar-refractivity contribution is 5.88. The summed E-state index contributed by atoms with van der Waals surface area (Å²) in [4.78, 5) is 31.9. The van der Waals surface area contributed by atoms with Crippen LogP contribution in [0.1, 0.15) is 30.4 Å². The van der Waals surface area contributed by atoms with Crippen molar-refractivity contribution in [2.24, 2.45) is 11.5 Å². The fourth-order valence-electron chi connectivity index (χ4n) is 3.90. The molecule has 0 aliphatic carbocycles. The summed E-state index contributed by atoms with van der Waals surface area (Å²) < 4.78 is 0. The third kappa shape index (κ3) is 7.10. The maximum Gasteiger partial charge on any atom is 0.242 e. The van der Waals surface area contributed by atoms with Gasteiger partial charge in [0.25, 0.3) is 0 Å². The molecule has 33 heavy (non-hydrogen) atoms. The Kier molecular flexibility index (Phi) is 9.35. The molecule has 0 unspecified atom stereocenters. The first-order valence-electron chi connectivity index (χ1n) is 11.5. The number of pyridine rings is 1. The van der Waals surface area contributed by atoms with Crippen LogP contribution in [-0.4, -0.2) is 47.4 Å². The molecule has 1 atom stereocenters. The predicted octanol–water partition coefficient (Wildman–Crippen LogP) is 2.38. The Labute approximate surface area is 195 Å². The SMILES string of the molecule is NCCC[C@@H](C(=O)NCCCc1ccccc1)N(Cc1cnc2ccccc2c1)C(=O)CN. The van der Waals surface area contributed by atoms with Crippen LogP contribution >= 0.6 is 0 Å². The van der Waals surface area contributed by atoms with E-state index in [2.05, 4.69) is 22.4 Å². The first-order valence-corrected chi connectivity index (χ1v) is 11.5. The number of hydrogen-bond acceptors (Lipinski definition) is 5. The van der Waals surface area contributed by atoms with E-state index in [0.717, 1.165) is 29.3 Å². The van der Waals surface area contributed by atoms with E-state index in [0.29, 0.717) is 25.9 Å². The lowest BCUT2D eigenvalue weighted by atomic mass is 10.1. The largest absolute Gasteiger partial charge is 0.354 e. The first kappa shape index (κ1) is 24.4. The van der Waals surface area contributed by atoms with Crippen molar-refractivity contribution in [3.63, 3.8) is 0 Å². The van der Waals surface area contributed by atoms with Gasteiger partial charge in [0.05, 0.1) is 12.1 Å². The van der Waals surface area contributed by atoms with Crippen molar-refractivity contribution in [2.75, 3.05) is 19.6 Å². The zero-order chi connectivity index (χ0) is 23.5. The number of fused-ring (bicyclic) bond motifs is 1. The third-order valence-corrected chi connectivity index (χ3v) is 5.64. The number of hydrogen-bond donors (Lipinski definition) is 3. The van der Waals surface area contributed by atoms with Crippen molar-refractivity contribution in [1.29, 1.82) is 0 Å². The van der Waals surface area contributed by atoms with Crippen LogP contribution in [0.3, 0.4) is 0 Å². The van der Waals surface area contributed by atoms with Gasteiger partial charge in [-0.05, 0) is 55.5 Å². The molecule has 174 valence electrons. The number of carbonyl (C=O) groups excluding carboxylic acids is 2. The Morgan fingerprint density at radius 3 is 2.48 bits per heavy atom. The van der Waals surface area contributed by atoms with Gasteiger partial charge in [-0.3, -0.25) is 14.6 Å². The second-order valence-corrected chi connectivity index (χ2v) is 8.09. The Balaban J connectivity index is 1.70. The van der Waals surface area contributed by atoms with E-state index in [1.165, 1.54) is 5.56 Å². The molecule has 0 spiro atoms. The summed E-state index contributed by atoms with van der Waals surface area (Å²) in [6.07, 6.45) is 4.55. The molecule has 0 saturated heterocycles. The van der Waals surface area contributed by atoms with Crippen molar-refractivity contribution in [3.8, 4) is 0 Å². The molecule has 3 aromatic rings. The summed E-state index contributed by atoms with van der Waals surface area (Å²) in [6, 6.07) is 19.3. The van der Waals surface area contributed by atoms with Crippen molar-refractivity contribution in [2.45, 2.75) is 38.3 Å². The zero-order valence-corrected chi connectivity index (χ0v) is 19.0. The lowest BCUT2D eigenvalue weighted by Gasteiger charge is -2.31. The van der Waals surface area contributed by atoms with Gasteiger partial charge in [-0.15, -0.1) is 0 Å². The number of benzene rings is 2. The Morgan fingerprint density at radius 2 is 1.73 bits per heavy atom. The van der Waals surface area contributed by atoms with Gasteiger partial charge in [-0.2, -0.15) is 0 Å². The van der Waals surface area contributed by atoms with E-state index in [4.69, 9.17) is 11.5 Å². The Hall–Kier alpha value is -3.29. The van der Waals surface area contributed by atoms with Crippen molar-refractivity contribution >= 4 is 22.7 Å². The van der Waals surface area contributed by atoms with Crippen molar-refractivity contribution in [3.05, 3.63) is 78.0 Å². The maximum atomic E-state index is 13.1. The van der Waals surface area contributed by atoms with Crippen LogP contribution in [0.5, 0.6) is 0 Å². The van der Waals surface area contributed by atoms with Crippen LogP contribution in [0.15, 0.2) is 66.9 Å². The molecule has 7 heteroatoms. The van der Waals surface area contributed by atoms with Crippen molar-refractivity contribution in [1.82, 2.24) is 15.2 Å². The monoisotopic (exact) mass is 447 g/mol. The normalized spacial score (nSPS) is 11.8. The van der Waals surface area contributed by atoms with Crippen LogP contribution in [0.4, 0.5) is 0 Å². The van der Waals surface area contributed by atoms with Gasteiger partial charge in [0.2, 0.25) is 11.8 Å². The molecular weight excluding hydrogens is 414 g/mol. The number of nitrogens with one attached hydrogen (secondary N) is 1.